The first-order valence-corrected chi connectivity index (χ1v) is 9.75. The topological polar surface area (TPSA) is 43.7 Å². The lowest BCUT2D eigenvalue weighted by molar-refractivity contribution is 0.0296. The van der Waals surface area contributed by atoms with Crippen LogP contribution in [0.4, 0.5) is 8.78 Å². The van der Waals surface area contributed by atoms with E-state index in [9.17, 15) is 13.6 Å². The number of benzene rings is 2. The molecule has 0 atom stereocenters. The Hall–Kier alpha value is -3.19. The molecule has 0 saturated carbocycles. The SMILES string of the molecule is C=CCOc1cccc2c1cc(C(=O)N1CCOCC1)n2Cc1ccc(F)c(F)c1. The van der Waals surface area contributed by atoms with E-state index in [1.54, 1.807) is 17.0 Å². The van der Waals surface area contributed by atoms with Gasteiger partial charge in [-0.15, -0.1) is 0 Å². The summed E-state index contributed by atoms with van der Waals surface area (Å²) >= 11 is 0. The van der Waals surface area contributed by atoms with Crippen molar-refractivity contribution < 1.29 is 23.0 Å². The lowest BCUT2D eigenvalue weighted by Crippen LogP contribution is -2.41. The van der Waals surface area contributed by atoms with Crippen molar-refractivity contribution >= 4 is 16.8 Å². The lowest BCUT2D eigenvalue weighted by Gasteiger charge is -2.27. The fourth-order valence-electron chi connectivity index (χ4n) is 3.63. The molecule has 0 spiro atoms. The van der Waals surface area contributed by atoms with E-state index in [0.717, 1.165) is 23.0 Å². The molecule has 156 valence electrons. The monoisotopic (exact) mass is 412 g/mol. The molecule has 1 saturated heterocycles. The van der Waals surface area contributed by atoms with Crippen molar-refractivity contribution in [2.45, 2.75) is 6.54 Å². The van der Waals surface area contributed by atoms with Gasteiger partial charge in [-0.05, 0) is 35.9 Å². The summed E-state index contributed by atoms with van der Waals surface area (Å²) in [6.45, 7) is 6.21. The van der Waals surface area contributed by atoms with E-state index < -0.39 is 11.6 Å². The second kappa shape index (κ2) is 8.67. The van der Waals surface area contributed by atoms with Gasteiger partial charge in [0.25, 0.3) is 5.91 Å². The molecule has 1 aliphatic heterocycles. The molecule has 1 aliphatic rings. The van der Waals surface area contributed by atoms with Crippen LogP contribution in [0.5, 0.6) is 5.75 Å². The summed E-state index contributed by atoms with van der Waals surface area (Å²) in [4.78, 5) is 15.0. The molecule has 3 aromatic rings. The van der Waals surface area contributed by atoms with Gasteiger partial charge in [-0.2, -0.15) is 0 Å². The maximum Gasteiger partial charge on any atom is 0.270 e. The number of rotatable bonds is 6. The molecule has 4 rings (SSSR count). The molecule has 1 aromatic heterocycles. The molecule has 0 unspecified atom stereocenters. The van der Waals surface area contributed by atoms with Gasteiger partial charge in [0.2, 0.25) is 0 Å². The van der Waals surface area contributed by atoms with E-state index in [1.165, 1.54) is 6.07 Å². The highest BCUT2D eigenvalue weighted by molar-refractivity contribution is 6.00. The first kappa shape index (κ1) is 20.1. The van der Waals surface area contributed by atoms with Gasteiger partial charge in [0.1, 0.15) is 18.1 Å². The van der Waals surface area contributed by atoms with Crippen LogP contribution in [0.25, 0.3) is 10.9 Å². The van der Waals surface area contributed by atoms with E-state index in [2.05, 4.69) is 6.58 Å². The predicted octanol–water partition coefficient (Wildman–Crippen LogP) is 4.01. The predicted molar refractivity (Wildman–Crippen MR) is 110 cm³/mol. The number of carbonyl (C=O) groups excluding carboxylic acids is 1. The average molecular weight is 412 g/mol. The second-order valence-corrected chi connectivity index (χ2v) is 7.06. The maximum atomic E-state index is 13.8. The fraction of sp³-hybridized carbons (Fsp3) is 0.261. The highest BCUT2D eigenvalue weighted by Gasteiger charge is 2.24. The van der Waals surface area contributed by atoms with Crippen LogP contribution >= 0.6 is 0 Å². The van der Waals surface area contributed by atoms with Crippen molar-refractivity contribution in [1.29, 1.82) is 0 Å². The molecule has 5 nitrogen and oxygen atoms in total. The molecule has 0 radical (unpaired) electrons. The lowest BCUT2D eigenvalue weighted by atomic mass is 10.2. The van der Waals surface area contributed by atoms with Gasteiger partial charge in [-0.1, -0.05) is 24.8 Å². The highest BCUT2D eigenvalue weighted by Crippen LogP contribution is 2.31. The quantitative estimate of drug-likeness (QED) is 0.575. The summed E-state index contributed by atoms with van der Waals surface area (Å²) in [5.74, 6) is -1.32. The maximum absolute atomic E-state index is 13.8. The number of aromatic nitrogens is 1. The molecule has 1 fully saturated rings. The Morgan fingerprint density at radius 3 is 2.67 bits per heavy atom. The Bertz CT molecular complexity index is 1090. The third-order valence-corrected chi connectivity index (χ3v) is 5.10. The Morgan fingerprint density at radius 1 is 1.13 bits per heavy atom. The van der Waals surface area contributed by atoms with E-state index in [0.29, 0.717) is 49.9 Å². The minimum absolute atomic E-state index is 0.133. The van der Waals surface area contributed by atoms with Crippen molar-refractivity contribution in [3.63, 3.8) is 0 Å². The molecule has 0 N–H and O–H groups in total. The molecular weight excluding hydrogens is 390 g/mol. The molecule has 0 bridgehead atoms. The van der Waals surface area contributed by atoms with Gasteiger partial charge in [-0.3, -0.25) is 4.79 Å². The average Bonchev–Trinajstić information content (AvgIpc) is 3.14. The zero-order valence-electron chi connectivity index (χ0n) is 16.4. The van der Waals surface area contributed by atoms with Crippen LogP contribution in [0.2, 0.25) is 0 Å². The minimum atomic E-state index is -0.917. The van der Waals surface area contributed by atoms with Crippen molar-refractivity contribution in [1.82, 2.24) is 9.47 Å². The van der Waals surface area contributed by atoms with Gasteiger partial charge in [0.15, 0.2) is 11.6 Å². The summed E-state index contributed by atoms with van der Waals surface area (Å²) in [6, 6.07) is 11.1. The van der Waals surface area contributed by atoms with Crippen LogP contribution in [0.1, 0.15) is 16.1 Å². The molecule has 2 heterocycles. The van der Waals surface area contributed by atoms with Crippen LogP contribution in [0.15, 0.2) is 55.1 Å². The third-order valence-electron chi connectivity index (χ3n) is 5.10. The first-order chi connectivity index (χ1) is 14.6. The third kappa shape index (κ3) is 3.93. The number of amides is 1. The van der Waals surface area contributed by atoms with Crippen molar-refractivity contribution in [2.75, 3.05) is 32.9 Å². The van der Waals surface area contributed by atoms with Gasteiger partial charge >= 0.3 is 0 Å². The molecule has 1 amide bonds. The molecule has 30 heavy (non-hydrogen) atoms. The Kier molecular flexibility index (Phi) is 5.81. The minimum Gasteiger partial charge on any atom is -0.489 e. The number of halogens is 2. The Morgan fingerprint density at radius 2 is 1.93 bits per heavy atom. The summed E-state index contributed by atoms with van der Waals surface area (Å²) in [5.41, 5.74) is 1.80. The number of hydrogen-bond donors (Lipinski definition) is 0. The highest BCUT2D eigenvalue weighted by atomic mass is 19.2. The fourth-order valence-corrected chi connectivity index (χ4v) is 3.63. The van der Waals surface area contributed by atoms with Crippen LogP contribution in [-0.2, 0) is 11.3 Å². The molecule has 7 heteroatoms. The van der Waals surface area contributed by atoms with Crippen LogP contribution < -0.4 is 4.74 Å². The molecule has 2 aromatic carbocycles. The number of ether oxygens (including phenoxy) is 2. The van der Waals surface area contributed by atoms with E-state index in [-0.39, 0.29) is 12.5 Å². The summed E-state index contributed by atoms with van der Waals surface area (Å²) in [7, 11) is 0. The molecular formula is C23H22F2N2O3. The van der Waals surface area contributed by atoms with Crippen molar-refractivity contribution in [2.24, 2.45) is 0 Å². The Labute approximate surface area is 173 Å². The number of carbonyl (C=O) groups is 1. The van der Waals surface area contributed by atoms with Crippen molar-refractivity contribution in [3.05, 3.63) is 78.0 Å². The van der Waals surface area contributed by atoms with Crippen LogP contribution in [0, 0.1) is 11.6 Å². The smallest absolute Gasteiger partial charge is 0.270 e. The van der Waals surface area contributed by atoms with E-state index in [4.69, 9.17) is 9.47 Å². The number of nitrogens with zero attached hydrogens (tertiary/aromatic N) is 2. The largest absolute Gasteiger partial charge is 0.489 e. The summed E-state index contributed by atoms with van der Waals surface area (Å²) in [5, 5.41) is 0.776. The second-order valence-electron chi connectivity index (χ2n) is 7.06. The van der Waals surface area contributed by atoms with Crippen LogP contribution in [-0.4, -0.2) is 48.3 Å². The number of morpholine rings is 1. The van der Waals surface area contributed by atoms with Gasteiger partial charge in [-0.25, -0.2) is 8.78 Å². The standard InChI is InChI=1S/C23H22F2N2O3/c1-2-10-30-22-5-3-4-20-17(22)14-21(23(28)26-8-11-29-12-9-26)27(20)15-16-6-7-18(24)19(25)13-16/h2-7,13-14H,1,8-12,15H2. The first-order valence-electron chi connectivity index (χ1n) is 9.75. The zero-order chi connectivity index (χ0) is 21.1. The summed E-state index contributed by atoms with van der Waals surface area (Å²) < 4.78 is 40.1. The van der Waals surface area contributed by atoms with Crippen LogP contribution in [0.3, 0.4) is 0 Å². The van der Waals surface area contributed by atoms with Crippen molar-refractivity contribution in [3.8, 4) is 5.75 Å². The Balaban J connectivity index is 1.80. The van der Waals surface area contributed by atoms with E-state index >= 15 is 0 Å². The van der Waals surface area contributed by atoms with Gasteiger partial charge in [0.05, 0.1) is 18.7 Å². The van der Waals surface area contributed by atoms with Gasteiger partial charge < -0.3 is 18.9 Å². The zero-order valence-corrected chi connectivity index (χ0v) is 16.4. The van der Waals surface area contributed by atoms with E-state index in [1.807, 2.05) is 22.8 Å². The van der Waals surface area contributed by atoms with Gasteiger partial charge in [0, 0.05) is 25.0 Å². The number of hydrogen-bond acceptors (Lipinski definition) is 3. The normalized spacial score (nSPS) is 14.1. The summed E-state index contributed by atoms with van der Waals surface area (Å²) in [6.07, 6.45) is 1.65. The molecule has 0 aliphatic carbocycles. The number of fused-ring (bicyclic) bond motifs is 1.